The Morgan fingerprint density at radius 1 is 1.47 bits per heavy atom. The zero-order valence-corrected chi connectivity index (χ0v) is 9.23. The number of methoxy groups -OCH3 is 1. The molecule has 0 bridgehead atoms. The third-order valence-electron chi connectivity index (χ3n) is 2.50. The molecule has 1 amide bonds. The van der Waals surface area contributed by atoms with Gasteiger partial charge < -0.3 is 10.5 Å². The van der Waals surface area contributed by atoms with E-state index in [2.05, 4.69) is 4.98 Å². The van der Waals surface area contributed by atoms with E-state index in [1.165, 1.54) is 6.20 Å². The molecule has 0 saturated heterocycles. The van der Waals surface area contributed by atoms with Crippen molar-refractivity contribution >= 4 is 22.5 Å². The number of amides is 1. The summed E-state index contributed by atoms with van der Waals surface area (Å²) in [6.45, 7) is 0. The predicted octanol–water partition coefficient (Wildman–Crippen LogP) is 0.429. The molecule has 0 aliphatic rings. The molecule has 17 heavy (non-hydrogen) atoms. The number of nitrogen functional groups attached to an aromatic ring is 2. The van der Waals surface area contributed by atoms with Crippen LogP contribution in [0, 0.1) is 0 Å². The zero-order chi connectivity index (χ0) is 12.4. The standard InChI is InChI=1S/C11H12N4O2/c1-17-8-4-2-3-6-9(12)7(11(16)15-13)5-14-10(6)8/h2-5H,13H2,1H3,(H2,12,14)(H,15,16). The van der Waals surface area contributed by atoms with Crippen LogP contribution in [0.15, 0.2) is 24.4 Å². The topological polar surface area (TPSA) is 103 Å². The van der Waals surface area contributed by atoms with E-state index in [1.807, 2.05) is 5.43 Å². The normalized spacial score (nSPS) is 10.2. The molecule has 5 N–H and O–H groups in total. The molecule has 0 fully saturated rings. The summed E-state index contributed by atoms with van der Waals surface area (Å²) in [6, 6.07) is 5.33. The van der Waals surface area contributed by atoms with Crippen LogP contribution in [0.2, 0.25) is 0 Å². The third kappa shape index (κ3) is 1.74. The molecular weight excluding hydrogens is 220 g/mol. The van der Waals surface area contributed by atoms with Crippen LogP contribution in [0.4, 0.5) is 5.69 Å². The number of para-hydroxylation sites is 1. The number of carbonyl (C=O) groups excluding carboxylic acids is 1. The molecule has 0 saturated carbocycles. The fourth-order valence-electron chi connectivity index (χ4n) is 1.64. The Bertz CT molecular complexity index is 583. The summed E-state index contributed by atoms with van der Waals surface area (Å²) in [5.41, 5.74) is 9.12. The van der Waals surface area contributed by atoms with Crippen LogP contribution in [-0.4, -0.2) is 18.0 Å². The summed E-state index contributed by atoms with van der Waals surface area (Å²) < 4.78 is 5.17. The van der Waals surface area contributed by atoms with Gasteiger partial charge in [-0.2, -0.15) is 0 Å². The Kier molecular flexibility index (Phi) is 2.80. The second-order valence-electron chi connectivity index (χ2n) is 3.42. The first kappa shape index (κ1) is 11.2. The van der Waals surface area contributed by atoms with Gasteiger partial charge in [-0.25, -0.2) is 5.84 Å². The van der Waals surface area contributed by atoms with Crippen molar-refractivity contribution in [1.29, 1.82) is 0 Å². The first-order valence-corrected chi connectivity index (χ1v) is 4.91. The summed E-state index contributed by atoms with van der Waals surface area (Å²) in [5.74, 6) is 5.20. The molecule has 6 heteroatoms. The lowest BCUT2D eigenvalue weighted by molar-refractivity contribution is 0.0954. The molecule has 1 aromatic carbocycles. The number of anilines is 1. The van der Waals surface area contributed by atoms with Gasteiger partial charge in [0, 0.05) is 11.6 Å². The maximum Gasteiger partial charge on any atom is 0.268 e. The number of ether oxygens (including phenoxy) is 1. The Morgan fingerprint density at radius 2 is 2.24 bits per heavy atom. The Hall–Kier alpha value is -2.34. The number of hydrazine groups is 1. The minimum atomic E-state index is -0.472. The number of aromatic nitrogens is 1. The van der Waals surface area contributed by atoms with Crippen molar-refractivity contribution in [2.45, 2.75) is 0 Å². The zero-order valence-electron chi connectivity index (χ0n) is 9.23. The summed E-state index contributed by atoms with van der Waals surface area (Å²) in [7, 11) is 1.55. The molecule has 0 aliphatic carbocycles. The van der Waals surface area contributed by atoms with Crippen molar-refractivity contribution in [3.05, 3.63) is 30.0 Å². The maximum absolute atomic E-state index is 11.4. The molecule has 0 atom stereocenters. The lowest BCUT2D eigenvalue weighted by atomic mass is 10.1. The van der Waals surface area contributed by atoms with Crippen LogP contribution in [0.3, 0.4) is 0 Å². The van der Waals surface area contributed by atoms with Crippen LogP contribution in [0.25, 0.3) is 10.9 Å². The van der Waals surface area contributed by atoms with Gasteiger partial charge in [-0.05, 0) is 6.07 Å². The summed E-state index contributed by atoms with van der Waals surface area (Å²) in [5, 5.41) is 0.658. The first-order chi connectivity index (χ1) is 8.19. The smallest absolute Gasteiger partial charge is 0.268 e. The highest BCUT2D eigenvalue weighted by Gasteiger charge is 2.13. The second-order valence-corrected chi connectivity index (χ2v) is 3.42. The van der Waals surface area contributed by atoms with Gasteiger partial charge in [0.1, 0.15) is 11.3 Å². The van der Waals surface area contributed by atoms with Gasteiger partial charge in [0.15, 0.2) is 0 Å². The number of nitrogens with two attached hydrogens (primary N) is 2. The fourth-order valence-corrected chi connectivity index (χ4v) is 1.64. The van der Waals surface area contributed by atoms with Gasteiger partial charge in [-0.3, -0.25) is 15.2 Å². The summed E-state index contributed by atoms with van der Waals surface area (Å²) in [4.78, 5) is 15.6. The number of carbonyl (C=O) groups is 1. The molecule has 2 rings (SSSR count). The van der Waals surface area contributed by atoms with Gasteiger partial charge in [-0.15, -0.1) is 0 Å². The van der Waals surface area contributed by atoms with Gasteiger partial charge in [0.2, 0.25) is 0 Å². The van der Waals surface area contributed by atoms with E-state index in [1.54, 1.807) is 25.3 Å². The quantitative estimate of drug-likeness (QED) is 0.396. The van der Waals surface area contributed by atoms with Crippen molar-refractivity contribution in [3.8, 4) is 5.75 Å². The lowest BCUT2D eigenvalue weighted by Crippen LogP contribution is -2.30. The molecule has 1 heterocycles. The predicted molar refractivity (Wildman–Crippen MR) is 64.4 cm³/mol. The average molecular weight is 232 g/mol. The summed E-state index contributed by atoms with van der Waals surface area (Å²) >= 11 is 0. The number of nitrogens with zero attached hydrogens (tertiary/aromatic N) is 1. The Balaban J connectivity index is 2.72. The van der Waals surface area contributed by atoms with E-state index in [9.17, 15) is 4.79 Å². The van der Waals surface area contributed by atoms with Crippen LogP contribution in [0.5, 0.6) is 5.75 Å². The van der Waals surface area contributed by atoms with E-state index in [4.69, 9.17) is 16.3 Å². The molecule has 0 radical (unpaired) electrons. The highest BCUT2D eigenvalue weighted by molar-refractivity contribution is 6.06. The number of benzene rings is 1. The minimum Gasteiger partial charge on any atom is -0.494 e. The van der Waals surface area contributed by atoms with Crippen molar-refractivity contribution in [2.24, 2.45) is 5.84 Å². The average Bonchev–Trinajstić information content (AvgIpc) is 2.38. The maximum atomic E-state index is 11.4. The first-order valence-electron chi connectivity index (χ1n) is 4.91. The second kappa shape index (κ2) is 4.26. The number of rotatable bonds is 2. The number of pyridine rings is 1. The van der Waals surface area contributed by atoms with Crippen LogP contribution < -0.4 is 21.7 Å². The molecular formula is C11H12N4O2. The van der Waals surface area contributed by atoms with Crippen molar-refractivity contribution in [2.75, 3.05) is 12.8 Å². The lowest BCUT2D eigenvalue weighted by Gasteiger charge is -2.09. The molecule has 6 nitrogen and oxygen atoms in total. The van der Waals surface area contributed by atoms with E-state index in [-0.39, 0.29) is 5.56 Å². The van der Waals surface area contributed by atoms with E-state index >= 15 is 0 Å². The molecule has 0 aliphatic heterocycles. The van der Waals surface area contributed by atoms with Gasteiger partial charge in [0.25, 0.3) is 5.91 Å². The van der Waals surface area contributed by atoms with Gasteiger partial charge >= 0.3 is 0 Å². The Labute approximate surface area is 97.5 Å². The van der Waals surface area contributed by atoms with Crippen molar-refractivity contribution in [1.82, 2.24) is 10.4 Å². The monoisotopic (exact) mass is 232 g/mol. The molecule has 0 unspecified atom stereocenters. The van der Waals surface area contributed by atoms with Crippen LogP contribution in [-0.2, 0) is 0 Å². The third-order valence-corrected chi connectivity index (χ3v) is 2.50. The number of fused-ring (bicyclic) bond motifs is 1. The van der Waals surface area contributed by atoms with E-state index < -0.39 is 5.91 Å². The van der Waals surface area contributed by atoms with E-state index in [0.29, 0.717) is 22.3 Å². The number of nitrogens with one attached hydrogen (secondary N) is 1. The van der Waals surface area contributed by atoms with Gasteiger partial charge in [0.05, 0.1) is 18.4 Å². The van der Waals surface area contributed by atoms with Crippen LogP contribution >= 0.6 is 0 Å². The van der Waals surface area contributed by atoms with Crippen LogP contribution in [0.1, 0.15) is 10.4 Å². The molecule has 1 aromatic heterocycles. The van der Waals surface area contributed by atoms with E-state index in [0.717, 1.165) is 0 Å². The van der Waals surface area contributed by atoms with Crippen molar-refractivity contribution in [3.63, 3.8) is 0 Å². The Morgan fingerprint density at radius 3 is 2.88 bits per heavy atom. The number of hydrogen-bond acceptors (Lipinski definition) is 5. The fraction of sp³-hybridized carbons (Fsp3) is 0.0909. The molecule has 88 valence electrons. The number of hydrogen-bond donors (Lipinski definition) is 3. The molecule has 2 aromatic rings. The minimum absolute atomic E-state index is 0.244. The highest BCUT2D eigenvalue weighted by Crippen LogP contribution is 2.29. The molecule has 0 spiro atoms. The van der Waals surface area contributed by atoms with Crippen molar-refractivity contribution < 1.29 is 9.53 Å². The largest absolute Gasteiger partial charge is 0.494 e. The SMILES string of the molecule is COc1cccc2c(N)c(C(=O)NN)cnc12. The highest BCUT2D eigenvalue weighted by atomic mass is 16.5. The van der Waals surface area contributed by atoms with Gasteiger partial charge in [-0.1, -0.05) is 12.1 Å². The summed E-state index contributed by atoms with van der Waals surface area (Å²) in [6.07, 6.45) is 1.38.